The topological polar surface area (TPSA) is 19.4 Å². The number of halogens is 1. The highest BCUT2D eigenvalue weighted by Gasteiger charge is 2.15. The molecule has 0 spiro atoms. The number of fused-ring (bicyclic) bond motifs is 1. The lowest BCUT2D eigenvalue weighted by Crippen LogP contribution is -2.44. The Hall–Kier alpha value is -2.46. The molecule has 1 aliphatic rings. The Morgan fingerprint density at radius 1 is 0.920 bits per heavy atom. The Morgan fingerprint density at radius 3 is 2.52 bits per heavy atom. The molecule has 3 nitrogen and oxygen atoms in total. The molecule has 0 N–H and O–H groups in total. The van der Waals surface area contributed by atoms with E-state index in [1.807, 2.05) is 19.2 Å². The van der Waals surface area contributed by atoms with Crippen LogP contribution in [-0.4, -0.2) is 43.1 Å². The summed E-state index contributed by atoms with van der Waals surface area (Å²) in [5.41, 5.74) is 3.03. The van der Waals surface area contributed by atoms with Crippen molar-refractivity contribution in [2.75, 3.05) is 38.1 Å². The van der Waals surface area contributed by atoms with Crippen molar-refractivity contribution in [3.05, 3.63) is 60.0 Å². The molecule has 2 aromatic carbocycles. The number of aryl methyl sites for hydroxylation is 1. The molecule has 0 atom stereocenters. The fourth-order valence-electron chi connectivity index (χ4n) is 3.41. The fraction of sp³-hybridized carbons (Fsp3) is 0.286. The molecule has 0 aliphatic carbocycles. The van der Waals surface area contributed by atoms with Gasteiger partial charge in [-0.25, -0.2) is 9.37 Å². The van der Waals surface area contributed by atoms with Crippen LogP contribution in [0.3, 0.4) is 0 Å². The third kappa shape index (κ3) is 3.22. The van der Waals surface area contributed by atoms with E-state index in [0.717, 1.165) is 54.1 Å². The van der Waals surface area contributed by atoms with Gasteiger partial charge in [0.1, 0.15) is 11.6 Å². The second kappa shape index (κ2) is 6.45. The normalized spacial score (nSPS) is 15.7. The zero-order chi connectivity index (χ0) is 17.4. The maximum absolute atomic E-state index is 13.6. The minimum atomic E-state index is -0.204. The van der Waals surface area contributed by atoms with Crippen molar-refractivity contribution in [1.29, 1.82) is 0 Å². The molecular formula is C21H22FN3. The maximum atomic E-state index is 13.6. The molecule has 4 heteroatoms. The van der Waals surface area contributed by atoms with E-state index in [1.54, 1.807) is 6.07 Å². The maximum Gasteiger partial charge on any atom is 0.129 e. The molecule has 0 saturated carbocycles. The molecule has 4 rings (SSSR count). The minimum Gasteiger partial charge on any atom is -0.354 e. The van der Waals surface area contributed by atoms with Gasteiger partial charge in [0.25, 0.3) is 0 Å². The van der Waals surface area contributed by atoms with Crippen LogP contribution in [0.5, 0.6) is 0 Å². The second-order valence-electron chi connectivity index (χ2n) is 6.85. The number of hydrogen-bond acceptors (Lipinski definition) is 3. The number of anilines is 1. The Balaban J connectivity index is 1.68. The number of hydrogen-bond donors (Lipinski definition) is 0. The van der Waals surface area contributed by atoms with E-state index >= 15 is 0 Å². The lowest BCUT2D eigenvalue weighted by Gasteiger charge is -2.33. The summed E-state index contributed by atoms with van der Waals surface area (Å²) < 4.78 is 13.6. The SMILES string of the molecule is Cc1ccc(F)cc1-c1ccc2cc(N3CCN(C)CC3)ncc2c1. The van der Waals surface area contributed by atoms with Crippen molar-refractivity contribution in [3.63, 3.8) is 0 Å². The first-order chi connectivity index (χ1) is 12.1. The van der Waals surface area contributed by atoms with Gasteiger partial charge in [-0.15, -0.1) is 0 Å². The number of benzene rings is 2. The highest BCUT2D eigenvalue weighted by Crippen LogP contribution is 2.29. The number of rotatable bonds is 2. The number of piperazine rings is 1. The van der Waals surface area contributed by atoms with Crippen LogP contribution in [0.15, 0.2) is 48.7 Å². The van der Waals surface area contributed by atoms with E-state index in [-0.39, 0.29) is 5.82 Å². The van der Waals surface area contributed by atoms with Gasteiger partial charge >= 0.3 is 0 Å². The molecule has 25 heavy (non-hydrogen) atoms. The van der Waals surface area contributed by atoms with E-state index < -0.39 is 0 Å². The summed E-state index contributed by atoms with van der Waals surface area (Å²) >= 11 is 0. The van der Waals surface area contributed by atoms with Gasteiger partial charge < -0.3 is 9.80 Å². The standard InChI is InChI=1S/C21H22FN3/c1-15-3-6-19(22)13-20(15)17-5-4-16-12-21(23-14-18(16)11-17)25-9-7-24(2)8-10-25/h3-6,11-14H,7-10H2,1-2H3. The van der Waals surface area contributed by atoms with Crippen molar-refractivity contribution < 1.29 is 4.39 Å². The molecular weight excluding hydrogens is 313 g/mol. The van der Waals surface area contributed by atoms with E-state index in [0.29, 0.717) is 0 Å². The molecule has 3 aromatic rings. The van der Waals surface area contributed by atoms with Gasteiger partial charge in [-0.05, 0) is 60.3 Å². The molecule has 1 aliphatic heterocycles. The zero-order valence-electron chi connectivity index (χ0n) is 14.7. The number of aromatic nitrogens is 1. The molecule has 1 saturated heterocycles. The van der Waals surface area contributed by atoms with E-state index in [9.17, 15) is 4.39 Å². The molecule has 0 amide bonds. The van der Waals surface area contributed by atoms with Crippen molar-refractivity contribution >= 4 is 16.6 Å². The molecule has 2 heterocycles. The predicted molar refractivity (Wildman–Crippen MR) is 102 cm³/mol. The predicted octanol–water partition coefficient (Wildman–Crippen LogP) is 4.10. The van der Waals surface area contributed by atoms with Crippen LogP contribution in [0.25, 0.3) is 21.9 Å². The Kier molecular flexibility index (Phi) is 4.14. The Bertz CT molecular complexity index is 914. The van der Waals surface area contributed by atoms with Crippen molar-refractivity contribution in [2.24, 2.45) is 0 Å². The van der Waals surface area contributed by atoms with Gasteiger partial charge in [-0.3, -0.25) is 0 Å². The van der Waals surface area contributed by atoms with Gasteiger partial charge in [0.2, 0.25) is 0 Å². The van der Waals surface area contributed by atoms with Gasteiger partial charge in [-0.1, -0.05) is 18.2 Å². The first-order valence-electron chi connectivity index (χ1n) is 8.70. The van der Waals surface area contributed by atoms with Gasteiger partial charge in [0.05, 0.1) is 0 Å². The fourth-order valence-corrected chi connectivity index (χ4v) is 3.41. The average Bonchev–Trinajstić information content (AvgIpc) is 2.63. The lowest BCUT2D eigenvalue weighted by molar-refractivity contribution is 0.312. The number of nitrogens with zero attached hydrogens (tertiary/aromatic N) is 3. The summed E-state index contributed by atoms with van der Waals surface area (Å²) in [6, 6.07) is 13.4. The van der Waals surface area contributed by atoms with E-state index in [2.05, 4.69) is 46.1 Å². The van der Waals surface area contributed by atoms with Crippen LogP contribution >= 0.6 is 0 Å². The Morgan fingerprint density at radius 2 is 1.72 bits per heavy atom. The van der Waals surface area contributed by atoms with E-state index in [4.69, 9.17) is 0 Å². The number of pyridine rings is 1. The molecule has 128 valence electrons. The molecule has 0 radical (unpaired) electrons. The van der Waals surface area contributed by atoms with Crippen LogP contribution in [0.2, 0.25) is 0 Å². The highest BCUT2D eigenvalue weighted by molar-refractivity contribution is 5.88. The molecule has 0 bridgehead atoms. The average molecular weight is 335 g/mol. The smallest absolute Gasteiger partial charge is 0.129 e. The molecule has 0 unspecified atom stereocenters. The summed E-state index contributed by atoms with van der Waals surface area (Å²) in [7, 11) is 2.15. The van der Waals surface area contributed by atoms with Gasteiger partial charge in [-0.2, -0.15) is 0 Å². The van der Waals surface area contributed by atoms with Crippen LogP contribution in [0.4, 0.5) is 10.2 Å². The van der Waals surface area contributed by atoms with Crippen LogP contribution in [-0.2, 0) is 0 Å². The van der Waals surface area contributed by atoms with Gasteiger partial charge in [0, 0.05) is 37.8 Å². The lowest BCUT2D eigenvalue weighted by atomic mass is 9.98. The first kappa shape index (κ1) is 16.0. The van der Waals surface area contributed by atoms with E-state index in [1.165, 1.54) is 11.5 Å². The third-order valence-corrected chi connectivity index (χ3v) is 5.05. The largest absolute Gasteiger partial charge is 0.354 e. The summed E-state index contributed by atoms with van der Waals surface area (Å²) in [5, 5.41) is 2.25. The van der Waals surface area contributed by atoms with Crippen LogP contribution in [0, 0.1) is 12.7 Å². The first-order valence-corrected chi connectivity index (χ1v) is 8.70. The van der Waals surface area contributed by atoms with Gasteiger partial charge in [0.15, 0.2) is 0 Å². The summed E-state index contributed by atoms with van der Waals surface area (Å²) in [6.45, 7) is 6.16. The quantitative estimate of drug-likeness (QED) is 0.703. The molecule has 1 aromatic heterocycles. The monoisotopic (exact) mass is 335 g/mol. The Labute approximate surface area is 147 Å². The van der Waals surface area contributed by atoms with Crippen molar-refractivity contribution in [2.45, 2.75) is 6.92 Å². The zero-order valence-corrected chi connectivity index (χ0v) is 14.7. The second-order valence-corrected chi connectivity index (χ2v) is 6.85. The number of likely N-dealkylation sites (N-methyl/N-ethyl adjacent to an activating group) is 1. The molecule has 1 fully saturated rings. The summed E-state index contributed by atoms with van der Waals surface area (Å²) in [4.78, 5) is 9.34. The minimum absolute atomic E-state index is 0.204. The van der Waals surface area contributed by atoms with Crippen molar-refractivity contribution in [1.82, 2.24) is 9.88 Å². The van der Waals surface area contributed by atoms with Crippen LogP contribution < -0.4 is 4.90 Å². The highest BCUT2D eigenvalue weighted by atomic mass is 19.1. The van der Waals surface area contributed by atoms with Crippen molar-refractivity contribution in [3.8, 4) is 11.1 Å². The summed E-state index contributed by atoms with van der Waals surface area (Å²) in [6.07, 6.45) is 1.93. The third-order valence-electron chi connectivity index (χ3n) is 5.05. The summed E-state index contributed by atoms with van der Waals surface area (Å²) in [5.74, 6) is 0.833. The van der Waals surface area contributed by atoms with Crippen LogP contribution in [0.1, 0.15) is 5.56 Å².